The molecule has 1 rings (SSSR count). The van der Waals surface area contributed by atoms with E-state index in [-0.39, 0.29) is 0 Å². The highest BCUT2D eigenvalue weighted by Gasteiger charge is 2.01. The van der Waals surface area contributed by atoms with Crippen LogP contribution < -0.4 is 0 Å². The molecular weight excluding hydrogens is 218 g/mol. The van der Waals surface area contributed by atoms with Crippen LogP contribution in [0.3, 0.4) is 0 Å². The van der Waals surface area contributed by atoms with Gasteiger partial charge in [-0.3, -0.25) is 0 Å². The molecular formula is C10H16ClNOS. The first-order chi connectivity index (χ1) is 6.86. The monoisotopic (exact) mass is 233 g/mol. The van der Waals surface area contributed by atoms with Crippen LogP contribution in [0, 0.1) is 0 Å². The van der Waals surface area contributed by atoms with E-state index >= 15 is 0 Å². The van der Waals surface area contributed by atoms with Gasteiger partial charge in [0.05, 0.1) is 17.3 Å². The van der Waals surface area contributed by atoms with Crippen molar-refractivity contribution in [2.24, 2.45) is 0 Å². The summed E-state index contributed by atoms with van der Waals surface area (Å²) in [5.41, 5.74) is 1.17. The lowest BCUT2D eigenvalue weighted by Crippen LogP contribution is -1.97. The topological polar surface area (TPSA) is 22.1 Å². The molecule has 4 heteroatoms. The van der Waals surface area contributed by atoms with Gasteiger partial charge in [0.25, 0.3) is 0 Å². The second-order valence-corrected chi connectivity index (χ2v) is 4.29. The first kappa shape index (κ1) is 12.0. The zero-order valence-corrected chi connectivity index (χ0v) is 10.0. The molecule has 0 aliphatic rings. The van der Waals surface area contributed by atoms with Crippen molar-refractivity contribution in [2.75, 3.05) is 19.1 Å². The molecule has 0 amide bonds. The summed E-state index contributed by atoms with van der Waals surface area (Å²) in [4.78, 5) is 4.50. The molecule has 1 aromatic heterocycles. The van der Waals surface area contributed by atoms with Crippen LogP contribution in [0.2, 0.25) is 0 Å². The molecule has 0 fully saturated rings. The first-order valence-corrected chi connectivity index (χ1v) is 6.35. The minimum absolute atomic E-state index is 0.714. The Balaban J connectivity index is 2.27. The lowest BCUT2D eigenvalue weighted by atomic mass is 10.3. The number of alkyl halides is 1. The third kappa shape index (κ3) is 4.40. The maximum atomic E-state index is 5.62. The molecule has 0 radical (unpaired) electrons. The highest BCUT2D eigenvalue weighted by Crippen LogP contribution is 2.12. The Morgan fingerprint density at radius 1 is 1.50 bits per heavy atom. The fourth-order valence-corrected chi connectivity index (χ4v) is 2.08. The fraction of sp³-hybridized carbons (Fsp3) is 0.700. The van der Waals surface area contributed by atoms with Crippen molar-refractivity contribution in [1.29, 1.82) is 0 Å². The van der Waals surface area contributed by atoms with Crippen molar-refractivity contribution in [1.82, 2.24) is 4.98 Å². The van der Waals surface area contributed by atoms with E-state index in [0.29, 0.717) is 5.88 Å². The third-order valence-corrected chi connectivity index (χ3v) is 3.05. The molecule has 0 atom stereocenters. The van der Waals surface area contributed by atoms with Crippen molar-refractivity contribution in [3.05, 3.63) is 16.1 Å². The van der Waals surface area contributed by atoms with E-state index < -0.39 is 0 Å². The van der Waals surface area contributed by atoms with Gasteiger partial charge in [-0.15, -0.1) is 22.9 Å². The zero-order valence-electron chi connectivity index (χ0n) is 8.46. The third-order valence-electron chi connectivity index (χ3n) is 1.83. The van der Waals surface area contributed by atoms with E-state index in [9.17, 15) is 0 Å². The molecule has 0 aromatic carbocycles. The summed E-state index contributed by atoms with van der Waals surface area (Å²) in [6.07, 6.45) is 2.93. The highest BCUT2D eigenvalue weighted by molar-refractivity contribution is 7.09. The largest absolute Gasteiger partial charge is 0.381 e. The molecule has 80 valence electrons. The second kappa shape index (κ2) is 7.21. The molecule has 0 unspecified atom stereocenters. The molecule has 0 saturated carbocycles. The standard InChI is InChI=1S/C10H16ClNOS/c1-2-13-7-5-10-12-9(8-14-10)4-3-6-11/h8H,2-7H2,1H3. The molecule has 0 aliphatic carbocycles. The van der Waals surface area contributed by atoms with Gasteiger partial charge < -0.3 is 4.74 Å². The summed E-state index contributed by atoms with van der Waals surface area (Å²) < 4.78 is 5.27. The Morgan fingerprint density at radius 3 is 3.07 bits per heavy atom. The van der Waals surface area contributed by atoms with Crippen LogP contribution >= 0.6 is 22.9 Å². The summed E-state index contributed by atoms with van der Waals surface area (Å²) >= 11 is 7.33. The minimum atomic E-state index is 0.714. The summed E-state index contributed by atoms with van der Waals surface area (Å²) in [7, 11) is 0. The number of thiazole rings is 1. The molecule has 0 saturated heterocycles. The van der Waals surface area contributed by atoms with Crippen LogP contribution in [0.15, 0.2) is 5.38 Å². The number of ether oxygens (including phenoxy) is 1. The molecule has 1 heterocycles. The van der Waals surface area contributed by atoms with Gasteiger partial charge in [-0.1, -0.05) is 0 Å². The van der Waals surface area contributed by atoms with E-state index in [1.54, 1.807) is 11.3 Å². The zero-order chi connectivity index (χ0) is 10.2. The van der Waals surface area contributed by atoms with Crippen molar-refractivity contribution in [3.8, 4) is 0 Å². The van der Waals surface area contributed by atoms with Gasteiger partial charge in [-0.25, -0.2) is 4.98 Å². The normalized spacial score (nSPS) is 10.7. The van der Waals surface area contributed by atoms with Crippen LogP contribution in [0.4, 0.5) is 0 Å². The highest BCUT2D eigenvalue weighted by atomic mass is 35.5. The Morgan fingerprint density at radius 2 is 2.36 bits per heavy atom. The summed E-state index contributed by atoms with van der Waals surface area (Å²) in [5, 5.41) is 3.29. The number of rotatable bonds is 7. The number of aryl methyl sites for hydroxylation is 1. The van der Waals surface area contributed by atoms with Crippen molar-refractivity contribution >= 4 is 22.9 Å². The van der Waals surface area contributed by atoms with Gasteiger partial charge in [0.1, 0.15) is 0 Å². The fourth-order valence-electron chi connectivity index (χ4n) is 1.13. The SMILES string of the molecule is CCOCCc1nc(CCCCl)cs1. The van der Waals surface area contributed by atoms with E-state index in [1.807, 2.05) is 6.92 Å². The maximum Gasteiger partial charge on any atom is 0.0951 e. The summed E-state index contributed by atoms with van der Waals surface area (Å²) in [5.74, 6) is 0.714. The van der Waals surface area contributed by atoms with Gasteiger partial charge in [0.2, 0.25) is 0 Å². The van der Waals surface area contributed by atoms with Gasteiger partial charge in [0, 0.05) is 24.3 Å². The second-order valence-electron chi connectivity index (χ2n) is 2.97. The van der Waals surface area contributed by atoms with E-state index in [1.165, 1.54) is 10.7 Å². The molecule has 0 bridgehead atoms. The minimum Gasteiger partial charge on any atom is -0.381 e. The van der Waals surface area contributed by atoms with Gasteiger partial charge >= 0.3 is 0 Å². The summed E-state index contributed by atoms with van der Waals surface area (Å²) in [6.45, 7) is 3.57. The Labute approximate surface area is 94.3 Å². The molecule has 0 spiro atoms. The average Bonchev–Trinajstić information content (AvgIpc) is 2.63. The Hall–Kier alpha value is -0.120. The van der Waals surface area contributed by atoms with Crippen LogP contribution in [-0.2, 0) is 17.6 Å². The number of halogens is 1. The van der Waals surface area contributed by atoms with Crippen LogP contribution in [0.25, 0.3) is 0 Å². The van der Waals surface area contributed by atoms with Crippen molar-refractivity contribution in [3.63, 3.8) is 0 Å². The molecule has 14 heavy (non-hydrogen) atoms. The van der Waals surface area contributed by atoms with E-state index in [2.05, 4.69) is 10.4 Å². The molecule has 0 aliphatic heterocycles. The average molecular weight is 234 g/mol. The predicted octanol–water partition coefficient (Wildman–Crippen LogP) is 2.89. The van der Waals surface area contributed by atoms with Crippen LogP contribution in [-0.4, -0.2) is 24.1 Å². The molecule has 0 N–H and O–H groups in total. The number of hydrogen-bond donors (Lipinski definition) is 0. The molecule has 2 nitrogen and oxygen atoms in total. The number of hydrogen-bond acceptors (Lipinski definition) is 3. The van der Waals surface area contributed by atoms with E-state index in [4.69, 9.17) is 16.3 Å². The van der Waals surface area contributed by atoms with E-state index in [0.717, 1.165) is 32.5 Å². The van der Waals surface area contributed by atoms with Crippen LogP contribution in [0.1, 0.15) is 24.0 Å². The molecule has 1 aromatic rings. The smallest absolute Gasteiger partial charge is 0.0951 e. The predicted molar refractivity (Wildman–Crippen MR) is 61.4 cm³/mol. The maximum absolute atomic E-state index is 5.62. The van der Waals surface area contributed by atoms with Crippen LogP contribution in [0.5, 0.6) is 0 Å². The van der Waals surface area contributed by atoms with Gasteiger partial charge in [0.15, 0.2) is 0 Å². The lowest BCUT2D eigenvalue weighted by molar-refractivity contribution is 0.151. The van der Waals surface area contributed by atoms with Gasteiger partial charge in [-0.2, -0.15) is 0 Å². The summed E-state index contributed by atoms with van der Waals surface area (Å²) in [6, 6.07) is 0. The quantitative estimate of drug-likeness (QED) is 0.534. The first-order valence-electron chi connectivity index (χ1n) is 4.93. The Kier molecular flexibility index (Phi) is 6.15. The van der Waals surface area contributed by atoms with Crippen molar-refractivity contribution < 1.29 is 4.74 Å². The Bertz CT molecular complexity index is 252. The number of nitrogens with zero attached hydrogens (tertiary/aromatic N) is 1. The lowest BCUT2D eigenvalue weighted by Gasteiger charge is -1.96. The number of aromatic nitrogens is 1. The van der Waals surface area contributed by atoms with Gasteiger partial charge in [-0.05, 0) is 19.8 Å². The van der Waals surface area contributed by atoms with Crippen molar-refractivity contribution in [2.45, 2.75) is 26.2 Å².